The van der Waals surface area contributed by atoms with Gasteiger partial charge < -0.3 is 10.0 Å². The van der Waals surface area contributed by atoms with E-state index in [9.17, 15) is 14.7 Å². The largest absolute Gasteiger partial charge is 0.393 e. The number of Topliss-reactive ketones (excluding diaryl/α,β-unsaturated/α-hetero) is 1. The standard InChI is InChI=1S/C30H51NO3/c1-5-31(4)27(34)12-10-8-6-7-9-11-21-19-22-20-23(32)15-17-29(22,2)25-16-18-30(3)24(28(21)25)13-14-26(30)33/h21-22,24-26,28,33H,5-20H2,1-4H3/t21-,22+,24+,25+,26+,28+,29+,30+/m1/s1. The molecule has 1 N–H and O–H groups in total. The van der Waals surface area contributed by atoms with Crippen LogP contribution in [-0.2, 0) is 9.59 Å². The predicted molar refractivity (Wildman–Crippen MR) is 137 cm³/mol. The van der Waals surface area contributed by atoms with Crippen LogP contribution in [0.4, 0.5) is 0 Å². The SMILES string of the molecule is CCN(C)C(=O)CCCCCCC[C@@H]1C[C@H]2CC(=O)CC[C@]2(C)[C@H]2CC[C@]3(C)[C@@H](O)CC[C@H]3[C@H]12. The number of aliphatic hydroxyl groups excluding tert-OH is 1. The molecule has 194 valence electrons. The molecule has 0 radical (unpaired) electrons. The van der Waals surface area contributed by atoms with Crippen LogP contribution < -0.4 is 0 Å². The van der Waals surface area contributed by atoms with Gasteiger partial charge in [0.05, 0.1) is 6.10 Å². The van der Waals surface area contributed by atoms with Gasteiger partial charge in [0.25, 0.3) is 0 Å². The van der Waals surface area contributed by atoms with Gasteiger partial charge in [-0.25, -0.2) is 0 Å². The van der Waals surface area contributed by atoms with Gasteiger partial charge >= 0.3 is 0 Å². The second-order valence-corrected chi connectivity index (χ2v) is 13.1. The van der Waals surface area contributed by atoms with Crippen molar-refractivity contribution in [3.05, 3.63) is 0 Å². The Kier molecular flexibility index (Phi) is 8.17. The maximum atomic E-state index is 12.4. The van der Waals surface area contributed by atoms with Gasteiger partial charge in [-0.15, -0.1) is 0 Å². The Balaban J connectivity index is 1.36. The molecule has 34 heavy (non-hydrogen) atoms. The van der Waals surface area contributed by atoms with Gasteiger partial charge in [-0.1, -0.05) is 46.0 Å². The highest BCUT2D eigenvalue weighted by Gasteiger charge is 2.62. The molecule has 8 atom stereocenters. The summed E-state index contributed by atoms with van der Waals surface area (Å²) < 4.78 is 0. The van der Waals surface area contributed by atoms with E-state index >= 15 is 0 Å². The van der Waals surface area contributed by atoms with E-state index in [1.165, 1.54) is 51.4 Å². The van der Waals surface area contributed by atoms with Crippen molar-refractivity contribution in [2.75, 3.05) is 13.6 Å². The summed E-state index contributed by atoms with van der Waals surface area (Å²) in [4.78, 5) is 26.2. The summed E-state index contributed by atoms with van der Waals surface area (Å²) in [6.07, 6.45) is 16.4. The highest BCUT2D eigenvalue weighted by molar-refractivity contribution is 5.79. The maximum Gasteiger partial charge on any atom is 0.222 e. The average Bonchev–Trinajstić information content (AvgIpc) is 3.12. The quantitative estimate of drug-likeness (QED) is 0.395. The fourth-order valence-electron chi connectivity index (χ4n) is 9.07. The van der Waals surface area contributed by atoms with E-state index in [4.69, 9.17) is 0 Å². The molecule has 0 saturated heterocycles. The minimum atomic E-state index is -0.118. The summed E-state index contributed by atoms with van der Waals surface area (Å²) in [6.45, 7) is 7.74. The third kappa shape index (κ3) is 4.87. The molecular weight excluding hydrogens is 422 g/mol. The van der Waals surface area contributed by atoms with Gasteiger partial charge in [-0.3, -0.25) is 9.59 Å². The lowest BCUT2D eigenvalue weighted by Crippen LogP contribution is -2.57. The fraction of sp³-hybridized carbons (Fsp3) is 0.933. The van der Waals surface area contributed by atoms with Gasteiger partial charge in [0, 0.05) is 32.9 Å². The Labute approximate surface area is 208 Å². The van der Waals surface area contributed by atoms with E-state index in [-0.39, 0.29) is 17.4 Å². The fourth-order valence-corrected chi connectivity index (χ4v) is 9.07. The van der Waals surface area contributed by atoms with Crippen molar-refractivity contribution < 1.29 is 14.7 Å². The van der Waals surface area contributed by atoms with Crippen LogP contribution in [0, 0.1) is 40.4 Å². The van der Waals surface area contributed by atoms with Crippen molar-refractivity contribution in [1.82, 2.24) is 4.90 Å². The minimum Gasteiger partial charge on any atom is -0.393 e. The summed E-state index contributed by atoms with van der Waals surface area (Å²) in [5, 5.41) is 10.9. The molecule has 4 heteroatoms. The van der Waals surface area contributed by atoms with Crippen molar-refractivity contribution in [1.29, 1.82) is 0 Å². The molecule has 4 saturated carbocycles. The topological polar surface area (TPSA) is 57.6 Å². The Hall–Kier alpha value is -0.900. The Morgan fingerprint density at radius 1 is 1.00 bits per heavy atom. The van der Waals surface area contributed by atoms with E-state index in [1.807, 2.05) is 18.9 Å². The van der Waals surface area contributed by atoms with E-state index in [1.54, 1.807) is 0 Å². The highest BCUT2D eigenvalue weighted by Crippen LogP contribution is 2.67. The summed E-state index contributed by atoms with van der Waals surface area (Å²) in [7, 11) is 1.89. The van der Waals surface area contributed by atoms with Crippen LogP contribution in [0.25, 0.3) is 0 Å². The second kappa shape index (κ2) is 10.6. The zero-order valence-electron chi connectivity index (χ0n) is 22.5. The van der Waals surface area contributed by atoms with Gasteiger partial charge in [-0.05, 0) is 92.3 Å². The number of hydrogen-bond acceptors (Lipinski definition) is 3. The van der Waals surface area contributed by atoms with E-state index < -0.39 is 0 Å². The molecule has 0 aliphatic heterocycles. The van der Waals surface area contributed by atoms with Crippen LogP contribution >= 0.6 is 0 Å². The molecule has 0 aromatic carbocycles. The van der Waals surface area contributed by atoms with E-state index in [0.717, 1.165) is 62.8 Å². The van der Waals surface area contributed by atoms with Crippen LogP contribution in [0.1, 0.15) is 117 Å². The molecule has 4 nitrogen and oxygen atoms in total. The lowest BCUT2D eigenvalue weighted by atomic mass is 9.42. The van der Waals surface area contributed by atoms with Gasteiger partial charge in [0.1, 0.15) is 5.78 Å². The molecule has 0 aromatic heterocycles. The number of rotatable bonds is 9. The summed E-state index contributed by atoms with van der Waals surface area (Å²) in [5.41, 5.74) is 0.452. The van der Waals surface area contributed by atoms with Gasteiger partial charge in [0.2, 0.25) is 5.91 Å². The normalized spacial score (nSPS) is 41.5. The van der Waals surface area contributed by atoms with Gasteiger partial charge in [-0.2, -0.15) is 0 Å². The number of unbranched alkanes of at least 4 members (excludes halogenated alkanes) is 4. The number of ketones is 1. The lowest BCUT2D eigenvalue weighted by Gasteiger charge is -2.62. The number of amides is 1. The summed E-state index contributed by atoms with van der Waals surface area (Å²) in [5.74, 6) is 4.24. The number of hydrogen-bond donors (Lipinski definition) is 1. The van der Waals surface area contributed by atoms with Crippen molar-refractivity contribution in [3.8, 4) is 0 Å². The molecule has 4 aliphatic carbocycles. The first-order chi connectivity index (χ1) is 16.2. The monoisotopic (exact) mass is 473 g/mol. The van der Waals surface area contributed by atoms with Crippen LogP contribution in [0.3, 0.4) is 0 Å². The molecule has 0 aromatic rings. The first-order valence-electron chi connectivity index (χ1n) is 14.6. The lowest BCUT2D eigenvalue weighted by molar-refractivity contribution is -0.156. The average molecular weight is 474 g/mol. The molecule has 0 bridgehead atoms. The summed E-state index contributed by atoms with van der Waals surface area (Å²) in [6, 6.07) is 0. The van der Waals surface area contributed by atoms with E-state index in [0.29, 0.717) is 29.5 Å². The van der Waals surface area contributed by atoms with Crippen molar-refractivity contribution in [2.45, 2.75) is 123 Å². The molecule has 0 heterocycles. The van der Waals surface area contributed by atoms with Crippen LogP contribution in [0.15, 0.2) is 0 Å². The number of aliphatic hydroxyl groups is 1. The van der Waals surface area contributed by atoms with Crippen LogP contribution in [-0.4, -0.2) is 41.4 Å². The Morgan fingerprint density at radius 2 is 1.71 bits per heavy atom. The Morgan fingerprint density at radius 3 is 2.47 bits per heavy atom. The summed E-state index contributed by atoms with van der Waals surface area (Å²) >= 11 is 0. The van der Waals surface area contributed by atoms with Gasteiger partial charge in [0.15, 0.2) is 0 Å². The van der Waals surface area contributed by atoms with E-state index in [2.05, 4.69) is 13.8 Å². The first-order valence-corrected chi connectivity index (χ1v) is 14.6. The molecule has 4 rings (SSSR count). The van der Waals surface area contributed by atoms with Crippen molar-refractivity contribution in [3.63, 3.8) is 0 Å². The van der Waals surface area contributed by atoms with Crippen molar-refractivity contribution >= 4 is 11.7 Å². The third-order valence-electron chi connectivity index (χ3n) is 11.5. The minimum absolute atomic E-state index is 0.116. The number of nitrogens with zero attached hydrogens (tertiary/aromatic N) is 1. The molecule has 0 spiro atoms. The number of carbonyl (C=O) groups is 2. The first kappa shape index (κ1) is 26.2. The molecule has 0 unspecified atom stereocenters. The molecule has 1 amide bonds. The molecule has 4 aliphatic rings. The predicted octanol–water partition coefficient (Wildman–Crippen LogP) is 6.39. The zero-order chi connectivity index (χ0) is 24.5. The maximum absolute atomic E-state index is 12.4. The van der Waals surface area contributed by atoms with Crippen LogP contribution in [0.2, 0.25) is 0 Å². The molecular formula is C30H51NO3. The third-order valence-corrected chi connectivity index (χ3v) is 11.5. The number of carbonyl (C=O) groups excluding carboxylic acids is 2. The second-order valence-electron chi connectivity index (χ2n) is 13.1. The highest BCUT2D eigenvalue weighted by atomic mass is 16.3. The van der Waals surface area contributed by atoms with Crippen molar-refractivity contribution in [2.24, 2.45) is 40.4 Å². The van der Waals surface area contributed by atoms with Crippen LogP contribution in [0.5, 0.6) is 0 Å². The number of fused-ring (bicyclic) bond motifs is 5. The smallest absolute Gasteiger partial charge is 0.222 e. The molecule has 4 fully saturated rings. The Bertz CT molecular complexity index is 737. The zero-order valence-corrected chi connectivity index (χ0v) is 22.5.